The molecule has 3 aromatic rings. The Hall–Kier alpha value is -2.50. The average Bonchev–Trinajstić information content (AvgIpc) is 3.20. The van der Waals surface area contributed by atoms with E-state index in [0.29, 0.717) is 0 Å². The van der Waals surface area contributed by atoms with Gasteiger partial charge in [-0.2, -0.15) is 0 Å². The summed E-state index contributed by atoms with van der Waals surface area (Å²) in [5.41, 5.74) is 6.67. The van der Waals surface area contributed by atoms with Crippen LogP contribution in [0.2, 0.25) is 0 Å². The fourth-order valence-corrected chi connectivity index (χ4v) is 5.93. The van der Waals surface area contributed by atoms with Crippen molar-refractivity contribution in [2.24, 2.45) is 0 Å². The summed E-state index contributed by atoms with van der Waals surface area (Å²) < 4.78 is 0. The third-order valence-electron chi connectivity index (χ3n) is 6.65. The lowest BCUT2D eigenvalue weighted by Crippen LogP contribution is -2.30. The van der Waals surface area contributed by atoms with Crippen LogP contribution >= 0.6 is 11.8 Å². The van der Waals surface area contributed by atoms with Crippen LogP contribution in [0.25, 0.3) is 11.1 Å². The average molecular weight is 458 g/mol. The molecule has 2 aliphatic rings. The van der Waals surface area contributed by atoms with Crippen molar-refractivity contribution in [2.45, 2.75) is 50.5 Å². The monoisotopic (exact) mass is 457 g/mol. The van der Waals surface area contributed by atoms with Crippen LogP contribution in [0, 0.1) is 0 Å². The first-order chi connectivity index (χ1) is 16.2. The molecule has 0 saturated carbocycles. The first-order valence-electron chi connectivity index (χ1n) is 12.1. The molecule has 5 rings (SSSR count). The molecule has 170 valence electrons. The number of ketones is 1. The number of likely N-dealkylation sites (tertiary alicyclic amines) is 1. The predicted molar refractivity (Wildman–Crippen MR) is 135 cm³/mol. The normalized spacial score (nSPS) is 15.3. The molecule has 2 heterocycles. The molecule has 0 atom stereocenters. The molecule has 0 bridgehead atoms. The number of nitrogens with zero attached hydrogens (tertiary/aromatic N) is 3. The molecule has 0 spiro atoms. The van der Waals surface area contributed by atoms with E-state index < -0.39 is 0 Å². The number of carbonyl (C=O) groups is 1. The maximum atomic E-state index is 11.9. The van der Waals surface area contributed by atoms with Gasteiger partial charge in [-0.15, -0.1) is 11.8 Å². The fraction of sp³-hybridized carbons (Fsp3) is 0.393. The third-order valence-corrected chi connectivity index (χ3v) is 7.71. The number of piperidine rings is 1. The molecule has 1 aromatic heterocycles. The minimum atomic E-state index is 0.108. The molecule has 2 aromatic carbocycles. The van der Waals surface area contributed by atoms with Gasteiger partial charge in [0.1, 0.15) is 10.9 Å². The van der Waals surface area contributed by atoms with Gasteiger partial charge in [-0.1, -0.05) is 48.9 Å². The number of Topliss-reactive ketones (excluding diaryl/α,β-unsaturated/α-hetero) is 1. The van der Waals surface area contributed by atoms with Crippen molar-refractivity contribution in [3.05, 3.63) is 76.7 Å². The van der Waals surface area contributed by atoms with Crippen LogP contribution in [-0.4, -0.2) is 46.0 Å². The highest BCUT2D eigenvalue weighted by atomic mass is 32.2. The van der Waals surface area contributed by atoms with Crippen molar-refractivity contribution in [1.29, 1.82) is 0 Å². The van der Waals surface area contributed by atoms with E-state index in [4.69, 9.17) is 9.97 Å². The Morgan fingerprint density at radius 1 is 1.03 bits per heavy atom. The molecule has 1 fully saturated rings. The molecule has 33 heavy (non-hydrogen) atoms. The molecule has 4 nitrogen and oxygen atoms in total. The van der Waals surface area contributed by atoms with Crippen LogP contribution in [0.15, 0.2) is 53.6 Å². The summed E-state index contributed by atoms with van der Waals surface area (Å²) in [6.07, 6.45) is 6.76. The number of benzene rings is 2. The SMILES string of the molecule is CC(=O)c1ccc2c(c1)Cc1nc(Cc3ccccc3)nc(SCCCN3CCCCC3)c1-2. The van der Waals surface area contributed by atoms with Gasteiger partial charge in [0.15, 0.2) is 5.78 Å². The Morgan fingerprint density at radius 3 is 2.64 bits per heavy atom. The maximum absolute atomic E-state index is 11.9. The van der Waals surface area contributed by atoms with Crippen molar-refractivity contribution in [3.8, 4) is 11.1 Å². The van der Waals surface area contributed by atoms with E-state index in [9.17, 15) is 4.79 Å². The minimum Gasteiger partial charge on any atom is -0.303 e. The number of carbonyl (C=O) groups excluding carboxylic acids is 1. The lowest BCUT2D eigenvalue weighted by atomic mass is 10.0. The summed E-state index contributed by atoms with van der Waals surface area (Å²) in [6, 6.07) is 16.5. The standard InChI is InChI=1S/C28H31N3OS/c1-20(32)22-11-12-24-23(18-22)19-25-27(24)28(33-16-8-15-31-13-6-3-7-14-31)30-26(29-25)17-21-9-4-2-5-10-21/h2,4-5,9-12,18H,3,6-8,13-17,19H2,1H3. The molecule has 0 radical (unpaired) electrons. The van der Waals surface area contributed by atoms with E-state index >= 15 is 0 Å². The van der Waals surface area contributed by atoms with Gasteiger partial charge in [-0.05, 0) is 68.6 Å². The summed E-state index contributed by atoms with van der Waals surface area (Å²) in [6.45, 7) is 5.31. The fourth-order valence-electron chi connectivity index (χ4n) is 4.92. The second kappa shape index (κ2) is 10.2. The zero-order valence-electron chi connectivity index (χ0n) is 19.3. The number of rotatable bonds is 8. The molecule has 1 aliphatic heterocycles. The van der Waals surface area contributed by atoms with Crippen LogP contribution in [0.1, 0.15) is 65.6 Å². The lowest BCUT2D eigenvalue weighted by Gasteiger charge is -2.26. The molecule has 1 saturated heterocycles. The molecular formula is C28H31N3OS. The van der Waals surface area contributed by atoms with Gasteiger partial charge < -0.3 is 4.90 Å². The van der Waals surface area contributed by atoms with E-state index in [-0.39, 0.29) is 5.78 Å². The Bertz CT molecular complexity index is 1140. The van der Waals surface area contributed by atoms with E-state index in [1.165, 1.54) is 67.6 Å². The second-order valence-corrected chi connectivity index (χ2v) is 10.2. The van der Waals surface area contributed by atoms with E-state index in [1.54, 1.807) is 6.92 Å². The van der Waals surface area contributed by atoms with Crippen molar-refractivity contribution < 1.29 is 4.79 Å². The Morgan fingerprint density at radius 2 is 1.85 bits per heavy atom. The lowest BCUT2D eigenvalue weighted by molar-refractivity contribution is 0.101. The number of hydrogen-bond donors (Lipinski definition) is 0. The summed E-state index contributed by atoms with van der Waals surface area (Å²) >= 11 is 1.87. The molecule has 0 N–H and O–H groups in total. The minimum absolute atomic E-state index is 0.108. The van der Waals surface area contributed by atoms with Gasteiger partial charge in [0.05, 0.1) is 5.69 Å². The van der Waals surface area contributed by atoms with E-state index in [2.05, 4.69) is 35.2 Å². The molecular weight excluding hydrogens is 426 g/mol. The smallest absolute Gasteiger partial charge is 0.159 e. The first-order valence-corrected chi connectivity index (χ1v) is 13.1. The van der Waals surface area contributed by atoms with Gasteiger partial charge in [0.2, 0.25) is 0 Å². The Labute approximate surface area is 200 Å². The molecule has 5 heteroatoms. The molecule has 1 aliphatic carbocycles. The molecule has 0 unspecified atom stereocenters. The van der Waals surface area contributed by atoms with Crippen LogP contribution in [0.3, 0.4) is 0 Å². The number of hydrogen-bond acceptors (Lipinski definition) is 5. The van der Waals surface area contributed by atoms with Gasteiger partial charge >= 0.3 is 0 Å². The molecule has 0 amide bonds. The van der Waals surface area contributed by atoms with E-state index in [1.807, 2.05) is 30.0 Å². The largest absolute Gasteiger partial charge is 0.303 e. The van der Waals surface area contributed by atoms with Crippen LogP contribution in [0.5, 0.6) is 0 Å². The van der Waals surface area contributed by atoms with Crippen molar-refractivity contribution in [3.63, 3.8) is 0 Å². The van der Waals surface area contributed by atoms with Crippen LogP contribution in [-0.2, 0) is 12.8 Å². The van der Waals surface area contributed by atoms with Crippen molar-refractivity contribution in [2.75, 3.05) is 25.4 Å². The second-order valence-electron chi connectivity index (χ2n) is 9.14. The van der Waals surface area contributed by atoms with Crippen LogP contribution < -0.4 is 0 Å². The highest BCUT2D eigenvalue weighted by Crippen LogP contribution is 2.41. The summed E-state index contributed by atoms with van der Waals surface area (Å²) in [4.78, 5) is 24.6. The highest BCUT2D eigenvalue weighted by Gasteiger charge is 2.26. The zero-order chi connectivity index (χ0) is 22.6. The number of thioether (sulfide) groups is 1. The van der Waals surface area contributed by atoms with E-state index in [0.717, 1.165) is 40.7 Å². The number of fused-ring (bicyclic) bond motifs is 3. The summed E-state index contributed by atoms with van der Waals surface area (Å²) in [7, 11) is 0. The van der Waals surface area contributed by atoms with Crippen molar-refractivity contribution >= 4 is 17.5 Å². The summed E-state index contributed by atoms with van der Waals surface area (Å²) in [5, 5.41) is 1.10. The predicted octanol–water partition coefficient (Wildman–Crippen LogP) is 5.81. The first kappa shape index (κ1) is 22.3. The Balaban J connectivity index is 1.39. The topological polar surface area (TPSA) is 46.1 Å². The third kappa shape index (κ3) is 5.20. The van der Waals surface area contributed by atoms with Crippen LogP contribution in [0.4, 0.5) is 0 Å². The van der Waals surface area contributed by atoms with Gasteiger partial charge in [0.25, 0.3) is 0 Å². The number of aromatic nitrogens is 2. The Kier molecular flexibility index (Phi) is 6.88. The van der Waals surface area contributed by atoms with Crippen molar-refractivity contribution in [1.82, 2.24) is 14.9 Å². The highest BCUT2D eigenvalue weighted by molar-refractivity contribution is 7.99. The van der Waals surface area contributed by atoms with Gasteiger partial charge in [0, 0.05) is 29.7 Å². The summed E-state index contributed by atoms with van der Waals surface area (Å²) in [5.74, 6) is 2.06. The van der Waals surface area contributed by atoms with Gasteiger partial charge in [-0.3, -0.25) is 4.79 Å². The zero-order valence-corrected chi connectivity index (χ0v) is 20.2. The van der Waals surface area contributed by atoms with Gasteiger partial charge in [-0.25, -0.2) is 9.97 Å². The maximum Gasteiger partial charge on any atom is 0.159 e. The quantitative estimate of drug-likeness (QED) is 0.145.